The van der Waals surface area contributed by atoms with Crippen LogP contribution in [0.1, 0.15) is 23.7 Å². The number of halogens is 2. The van der Waals surface area contributed by atoms with Gasteiger partial charge in [0.05, 0.1) is 17.8 Å². The predicted molar refractivity (Wildman–Crippen MR) is 119 cm³/mol. The van der Waals surface area contributed by atoms with E-state index in [1.165, 1.54) is 10.8 Å². The second kappa shape index (κ2) is 8.45. The molecule has 2 N–H and O–H groups in total. The SMILES string of the molecule is CCc1[nH]n(-c2cccc(Cl)c2)c(=O)c1/C=C1\NC(=O)N(Cc2cccc(Cl)c2)C1=O. The third-order valence-electron chi connectivity index (χ3n) is 4.91. The molecule has 1 aliphatic heterocycles. The Kier molecular flexibility index (Phi) is 5.71. The largest absolute Gasteiger partial charge is 0.329 e. The van der Waals surface area contributed by atoms with E-state index >= 15 is 0 Å². The lowest BCUT2D eigenvalue weighted by atomic mass is 10.1. The number of H-pyrrole nitrogens is 1. The Morgan fingerprint density at radius 1 is 1.00 bits per heavy atom. The predicted octanol–water partition coefficient (Wildman–Crippen LogP) is 4.13. The lowest BCUT2D eigenvalue weighted by Crippen LogP contribution is -2.30. The first kappa shape index (κ1) is 21.0. The minimum absolute atomic E-state index is 0.0380. The van der Waals surface area contributed by atoms with Crippen molar-refractivity contribution in [3.8, 4) is 5.69 Å². The number of imide groups is 1. The Bertz CT molecular complexity index is 1280. The molecule has 1 aliphatic rings. The Balaban J connectivity index is 1.68. The molecular formula is C22H18Cl2N4O3. The number of aryl methyl sites for hydroxylation is 1. The Morgan fingerprint density at radius 2 is 1.71 bits per heavy atom. The van der Waals surface area contributed by atoms with Crippen LogP contribution in [0, 0.1) is 0 Å². The summed E-state index contributed by atoms with van der Waals surface area (Å²) in [5.41, 5.74) is 1.92. The zero-order chi connectivity index (χ0) is 22.1. The number of rotatable bonds is 5. The van der Waals surface area contributed by atoms with E-state index in [0.29, 0.717) is 33.4 Å². The fraction of sp³-hybridized carbons (Fsp3) is 0.136. The number of benzene rings is 2. The van der Waals surface area contributed by atoms with Gasteiger partial charge in [-0.1, -0.05) is 48.3 Å². The van der Waals surface area contributed by atoms with E-state index in [2.05, 4.69) is 10.4 Å². The maximum absolute atomic E-state index is 13.0. The number of nitrogens with one attached hydrogen (secondary N) is 2. The molecule has 9 heteroatoms. The Labute approximate surface area is 187 Å². The van der Waals surface area contributed by atoms with E-state index < -0.39 is 11.9 Å². The summed E-state index contributed by atoms with van der Waals surface area (Å²) in [4.78, 5) is 39.4. The lowest BCUT2D eigenvalue weighted by molar-refractivity contribution is -0.123. The molecule has 7 nitrogen and oxygen atoms in total. The summed E-state index contributed by atoms with van der Waals surface area (Å²) in [6.45, 7) is 1.96. The normalized spacial score (nSPS) is 15.1. The molecule has 0 unspecified atom stereocenters. The van der Waals surface area contributed by atoms with E-state index in [4.69, 9.17) is 23.2 Å². The fourth-order valence-electron chi connectivity index (χ4n) is 3.39. The Hall–Kier alpha value is -3.29. The van der Waals surface area contributed by atoms with Crippen molar-refractivity contribution < 1.29 is 9.59 Å². The highest BCUT2D eigenvalue weighted by Crippen LogP contribution is 2.20. The number of urea groups is 1. The monoisotopic (exact) mass is 456 g/mol. The van der Waals surface area contributed by atoms with Gasteiger partial charge < -0.3 is 5.32 Å². The van der Waals surface area contributed by atoms with Crippen LogP contribution in [0.4, 0.5) is 4.79 Å². The van der Waals surface area contributed by atoms with Crippen LogP contribution in [0.15, 0.2) is 59.0 Å². The Morgan fingerprint density at radius 3 is 2.39 bits per heavy atom. The van der Waals surface area contributed by atoms with Gasteiger partial charge in [-0.15, -0.1) is 0 Å². The van der Waals surface area contributed by atoms with Crippen molar-refractivity contribution in [2.24, 2.45) is 0 Å². The second-order valence-electron chi connectivity index (χ2n) is 6.99. The fourth-order valence-corrected chi connectivity index (χ4v) is 3.79. The summed E-state index contributed by atoms with van der Waals surface area (Å²) in [5.74, 6) is -0.512. The van der Waals surface area contributed by atoms with Gasteiger partial charge in [0.1, 0.15) is 5.70 Å². The molecule has 1 aromatic heterocycles. The van der Waals surface area contributed by atoms with Crippen molar-refractivity contribution in [1.82, 2.24) is 20.0 Å². The van der Waals surface area contributed by atoms with E-state index in [9.17, 15) is 14.4 Å². The molecule has 31 heavy (non-hydrogen) atoms. The van der Waals surface area contributed by atoms with Crippen molar-refractivity contribution in [2.75, 3.05) is 0 Å². The molecule has 0 radical (unpaired) electrons. The summed E-state index contributed by atoms with van der Waals surface area (Å²) in [6.07, 6.45) is 1.94. The zero-order valence-corrected chi connectivity index (χ0v) is 18.0. The topological polar surface area (TPSA) is 87.2 Å². The molecule has 0 atom stereocenters. The van der Waals surface area contributed by atoms with Gasteiger partial charge in [-0.2, -0.15) is 0 Å². The number of carbonyl (C=O) groups excluding carboxylic acids is 2. The van der Waals surface area contributed by atoms with Gasteiger partial charge in [-0.25, -0.2) is 9.48 Å². The maximum Gasteiger partial charge on any atom is 0.329 e. The molecule has 4 rings (SSSR count). The van der Waals surface area contributed by atoms with Crippen molar-refractivity contribution >= 4 is 41.2 Å². The van der Waals surface area contributed by atoms with Crippen LogP contribution in [0.5, 0.6) is 0 Å². The van der Waals surface area contributed by atoms with Gasteiger partial charge in [0.25, 0.3) is 11.5 Å². The van der Waals surface area contributed by atoms with Gasteiger partial charge >= 0.3 is 6.03 Å². The van der Waals surface area contributed by atoms with Crippen LogP contribution in [-0.2, 0) is 17.8 Å². The number of nitrogens with zero attached hydrogens (tertiary/aromatic N) is 2. The number of carbonyl (C=O) groups is 2. The summed E-state index contributed by atoms with van der Waals surface area (Å²) in [7, 11) is 0. The highest BCUT2D eigenvalue weighted by molar-refractivity contribution is 6.31. The highest BCUT2D eigenvalue weighted by Gasteiger charge is 2.34. The van der Waals surface area contributed by atoms with Crippen LogP contribution >= 0.6 is 23.2 Å². The minimum Gasteiger partial charge on any atom is -0.303 e. The van der Waals surface area contributed by atoms with Crippen molar-refractivity contribution in [1.29, 1.82) is 0 Å². The van der Waals surface area contributed by atoms with E-state index in [-0.39, 0.29) is 17.8 Å². The molecule has 1 fully saturated rings. The molecule has 1 saturated heterocycles. The first-order chi connectivity index (χ1) is 14.9. The van der Waals surface area contributed by atoms with Gasteiger partial charge in [-0.3, -0.25) is 19.6 Å². The lowest BCUT2D eigenvalue weighted by Gasteiger charge is -2.11. The van der Waals surface area contributed by atoms with E-state index in [1.54, 1.807) is 48.5 Å². The molecule has 0 spiro atoms. The van der Waals surface area contributed by atoms with Crippen LogP contribution < -0.4 is 10.9 Å². The molecule has 0 bridgehead atoms. The number of aromatic amines is 1. The minimum atomic E-state index is -0.556. The average Bonchev–Trinajstić information content (AvgIpc) is 3.19. The zero-order valence-electron chi connectivity index (χ0n) is 16.5. The highest BCUT2D eigenvalue weighted by atomic mass is 35.5. The van der Waals surface area contributed by atoms with E-state index in [1.807, 2.05) is 6.92 Å². The van der Waals surface area contributed by atoms with Crippen LogP contribution in [0.3, 0.4) is 0 Å². The summed E-state index contributed by atoms with van der Waals surface area (Å²) >= 11 is 12.0. The molecule has 2 heterocycles. The number of hydrogen-bond acceptors (Lipinski definition) is 3. The molecule has 158 valence electrons. The number of amides is 3. The van der Waals surface area contributed by atoms with Gasteiger partial charge in [0.15, 0.2) is 0 Å². The summed E-state index contributed by atoms with van der Waals surface area (Å²) in [5, 5.41) is 6.61. The number of aromatic nitrogens is 2. The molecule has 3 amide bonds. The van der Waals surface area contributed by atoms with Crippen molar-refractivity contribution in [3.63, 3.8) is 0 Å². The molecule has 0 saturated carbocycles. The average molecular weight is 457 g/mol. The van der Waals surface area contributed by atoms with Crippen molar-refractivity contribution in [3.05, 3.63) is 91.4 Å². The standard InChI is InChI=1S/C22H18Cl2N4O3/c1-2-18-17(20(29)28(26-18)16-8-4-7-15(24)10-16)11-19-21(30)27(22(31)25-19)12-13-5-3-6-14(23)9-13/h3-11,26H,2,12H2,1H3,(H,25,31)/b19-11-. The molecule has 0 aliphatic carbocycles. The first-order valence-corrected chi connectivity index (χ1v) is 10.3. The summed E-state index contributed by atoms with van der Waals surface area (Å²) < 4.78 is 1.36. The second-order valence-corrected chi connectivity index (χ2v) is 7.86. The summed E-state index contributed by atoms with van der Waals surface area (Å²) in [6, 6.07) is 13.2. The maximum atomic E-state index is 13.0. The quantitative estimate of drug-likeness (QED) is 0.446. The molecular weight excluding hydrogens is 439 g/mol. The third-order valence-corrected chi connectivity index (χ3v) is 5.38. The first-order valence-electron chi connectivity index (χ1n) is 9.56. The van der Waals surface area contributed by atoms with Gasteiger partial charge in [-0.05, 0) is 48.4 Å². The van der Waals surface area contributed by atoms with Gasteiger partial charge in [0, 0.05) is 15.7 Å². The van der Waals surface area contributed by atoms with Crippen LogP contribution in [0.2, 0.25) is 10.0 Å². The van der Waals surface area contributed by atoms with Crippen LogP contribution in [0.25, 0.3) is 11.8 Å². The van der Waals surface area contributed by atoms with Crippen LogP contribution in [-0.4, -0.2) is 26.6 Å². The van der Waals surface area contributed by atoms with Crippen molar-refractivity contribution in [2.45, 2.75) is 19.9 Å². The smallest absolute Gasteiger partial charge is 0.303 e. The number of hydrogen-bond donors (Lipinski definition) is 2. The van der Waals surface area contributed by atoms with Gasteiger partial charge in [0.2, 0.25) is 0 Å². The third kappa shape index (κ3) is 4.15. The molecule has 3 aromatic rings. The van der Waals surface area contributed by atoms with E-state index in [0.717, 1.165) is 10.5 Å². The molecule has 2 aromatic carbocycles.